The monoisotopic (exact) mass is 316 g/mol. The molecule has 1 aliphatic rings. The molecule has 0 saturated heterocycles. The molecule has 1 saturated carbocycles. The maximum atomic E-state index is 12.4. The molecule has 0 spiro atoms. The molecular weight excluding hydrogens is 300 g/mol. The summed E-state index contributed by atoms with van der Waals surface area (Å²) in [6.07, 6.45) is 3.56. The Labute approximate surface area is 134 Å². The number of rotatable bonds is 5. The molecule has 0 radical (unpaired) electrons. The fraction of sp³-hybridized carbons (Fsp3) is 0.294. The summed E-state index contributed by atoms with van der Waals surface area (Å²) in [4.78, 5) is 18.0. The normalized spacial score (nSPS) is 13.7. The zero-order chi connectivity index (χ0) is 15.4. The molecule has 0 N–H and O–H groups in total. The Bertz CT molecular complexity index is 644. The van der Waals surface area contributed by atoms with Gasteiger partial charge in [0.1, 0.15) is 11.8 Å². The van der Waals surface area contributed by atoms with Crippen molar-refractivity contribution in [3.8, 4) is 0 Å². The Balaban J connectivity index is 1.69. The molecule has 0 unspecified atom stereocenters. The molecule has 2 aromatic rings. The number of ether oxygens (including phenoxy) is 1. The summed E-state index contributed by atoms with van der Waals surface area (Å²) in [5.41, 5.74) is 1.69. The number of aromatic nitrogens is 1. The van der Waals surface area contributed by atoms with Crippen molar-refractivity contribution in [1.29, 1.82) is 0 Å². The van der Waals surface area contributed by atoms with Crippen LogP contribution in [0.1, 0.15) is 18.4 Å². The van der Waals surface area contributed by atoms with Crippen LogP contribution in [-0.2, 0) is 11.3 Å². The van der Waals surface area contributed by atoms with E-state index in [1.165, 1.54) is 0 Å². The number of hydrogen-bond acceptors (Lipinski definition) is 3. The molecule has 1 aromatic carbocycles. The maximum absolute atomic E-state index is 12.4. The Morgan fingerprint density at radius 3 is 2.73 bits per heavy atom. The Hall–Kier alpha value is -2.07. The van der Waals surface area contributed by atoms with Gasteiger partial charge in [-0.25, -0.2) is 9.78 Å². The molecule has 114 valence electrons. The average Bonchev–Trinajstić information content (AvgIpc) is 3.35. The van der Waals surface area contributed by atoms with Crippen molar-refractivity contribution >= 4 is 23.4 Å². The van der Waals surface area contributed by atoms with Crippen LogP contribution in [0.25, 0.3) is 0 Å². The van der Waals surface area contributed by atoms with Gasteiger partial charge in [-0.05, 0) is 36.5 Å². The summed E-state index contributed by atoms with van der Waals surface area (Å²) in [6, 6.07) is 13.1. The summed E-state index contributed by atoms with van der Waals surface area (Å²) in [5, 5.41) is 0.370. The molecule has 1 aromatic heterocycles. The van der Waals surface area contributed by atoms with Gasteiger partial charge in [-0.2, -0.15) is 0 Å². The number of benzene rings is 1. The van der Waals surface area contributed by atoms with Gasteiger partial charge >= 0.3 is 6.09 Å². The number of amides is 1. The van der Waals surface area contributed by atoms with E-state index in [-0.39, 0.29) is 12.7 Å². The first-order valence-electron chi connectivity index (χ1n) is 7.32. The number of carbonyl (C=O) groups is 1. The van der Waals surface area contributed by atoms with Gasteiger partial charge in [0.05, 0.1) is 5.69 Å². The lowest BCUT2D eigenvalue weighted by Gasteiger charge is -2.22. The Kier molecular flexibility index (Phi) is 4.59. The third kappa shape index (κ3) is 3.98. The van der Waals surface area contributed by atoms with Gasteiger partial charge in [0.25, 0.3) is 0 Å². The van der Waals surface area contributed by atoms with Crippen LogP contribution in [0.5, 0.6) is 0 Å². The molecule has 1 aliphatic carbocycles. The van der Waals surface area contributed by atoms with Gasteiger partial charge in [-0.3, -0.25) is 4.90 Å². The molecule has 1 amide bonds. The van der Waals surface area contributed by atoms with E-state index >= 15 is 0 Å². The van der Waals surface area contributed by atoms with Crippen molar-refractivity contribution in [3.05, 3.63) is 59.4 Å². The van der Waals surface area contributed by atoms with Gasteiger partial charge < -0.3 is 4.74 Å². The first kappa shape index (κ1) is 14.9. The number of anilines is 1. The van der Waals surface area contributed by atoms with Gasteiger partial charge in [0, 0.05) is 12.7 Å². The van der Waals surface area contributed by atoms with Crippen LogP contribution in [-0.4, -0.2) is 17.6 Å². The van der Waals surface area contributed by atoms with E-state index in [0.29, 0.717) is 17.6 Å². The third-order valence-corrected chi connectivity index (χ3v) is 3.79. The smallest absolute Gasteiger partial charge is 0.414 e. The molecule has 1 heterocycles. The minimum atomic E-state index is -0.349. The third-order valence-electron chi connectivity index (χ3n) is 3.59. The van der Waals surface area contributed by atoms with E-state index in [9.17, 15) is 4.79 Å². The maximum Gasteiger partial charge on any atom is 0.414 e. The van der Waals surface area contributed by atoms with Crippen molar-refractivity contribution in [2.75, 3.05) is 11.4 Å². The zero-order valence-electron chi connectivity index (χ0n) is 12.1. The highest BCUT2D eigenvalue weighted by Crippen LogP contribution is 2.32. The SMILES string of the molecule is O=C(OCc1ccccc1)N(CC1CC1)c1ccnc(Cl)c1. The summed E-state index contributed by atoms with van der Waals surface area (Å²) >= 11 is 5.93. The quantitative estimate of drug-likeness (QED) is 0.773. The van der Waals surface area contributed by atoms with Crippen molar-refractivity contribution in [1.82, 2.24) is 4.98 Å². The van der Waals surface area contributed by atoms with E-state index < -0.39 is 0 Å². The standard InChI is InChI=1S/C17H17ClN2O2/c18-16-10-15(8-9-19-16)20(11-13-6-7-13)17(21)22-12-14-4-2-1-3-5-14/h1-5,8-10,13H,6-7,11-12H2. The van der Waals surface area contributed by atoms with E-state index in [1.54, 1.807) is 23.2 Å². The largest absolute Gasteiger partial charge is 0.444 e. The number of halogens is 1. The molecule has 4 nitrogen and oxygen atoms in total. The van der Waals surface area contributed by atoms with Crippen LogP contribution in [0.2, 0.25) is 5.15 Å². The number of nitrogens with zero attached hydrogens (tertiary/aromatic N) is 2. The second-order valence-electron chi connectivity index (χ2n) is 5.43. The predicted octanol–water partition coefficient (Wildman–Crippen LogP) is 4.29. The van der Waals surface area contributed by atoms with Crippen molar-refractivity contribution < 1.29 is 9.53 Å². The van der Waals surface area contributed by atoms with Crippen LogP contribution in [0.4, 0.5) is 10.5 Å². The molecule has 0 aliphatic heterocycles. The fourth-order valence-electron chi connectivity index (χ4n) is 2.20. The van der Waals surface area contributed by atoms with E-state index in [2.05, 4.69) is 4.98 Å². The number of pyridine rings is 1. The lowest BCUT2D eigenvalue weighted by atomic mass is 10.2. The van der Waals surface area contributed by atoms with Crippen molar-refractivity contribution in [3.63, 3.8) is 0 Å². The average molecular weight is 317 g/mol. The number of hydrogen-bond donors (Lipinski definition) is 0. The van der Waals surface area contributed by atoms with Gasteiger partial charge in [-0.1, -0.05) is 41.9 Å². The summed E-state index contributed by atoms with van der Waals surface area (Å²) in [6.45, 7) is 0.924. The first-order chi connectivity index (χ1) is 10.7. The molecule has 5 heteroatoms. The molecule has 3 rings (SSSR count). The van der Waals surface area contributed by atoms with Crippen molar-refractivity contribution in [2.45, 2.75) is 19.4 Å². The topological polar surface area (TPSA) is 42.4 Å². The Morgan fingerprint density at radius 1 is 1.27 bits per heavy atom. The van der Waals surface area contributed by atoms with Gasteiger partial charge in [0.2, 0.25) is 0 Å². The lowest BCUT2D eigenvalue weighted by Crippen LogP contribution is -2.33. The van der Waals surface area contributed by atoms with E-state index in [4.69, 9.17) is 16.3 Å². The van der Waals surface area contributed by atoms with E-state index in [0.717, 1.165) is 24.1 Å². The first-order valence-corrected chi connectivity index (χ1v) is 7.70. The molecule has 1 fully saturated rings. The Morgan fingerprint density at radius 2 is 2.05 bits per heavy atom. The highest BCUT2D eigenvalue weighted by molar-refractivity contribution is 6.29. The highest BCUT2D eigenvalue weighted by atomic mass is 35.5. The van der Waals surface area contributed by atoms with E-state index in [1.807, 2.05) is 30.3 Å². The summed E-state index contributed by atoms with van der Waals surface area (Å²) < 4.78 is 5.44. The molecule has 0 bridgehead atoms. The van der Waals surface area contributed by atoms with Crippen LogP contribution in [0.15, 0.2) is 48.7 Å². The summed E-state index contributed by atoms with van der Waals surface area (Å²) in [5.74, 6) is 0.552. The van der Waals surface area contributed by atoms with Gasteiger partial charge in [0.15, 0.2) is 0 Å². The molecule has 22 heavy (non-hydrogen) atoms. The highest BCUT2D eigenvalue weighted by Gasteiger charge is 2.28. The fourth-order valence-corrected chi connectivity index (χ4v) is 2.37. The molecule has 0 atom stereocenters. The minimum Gasteiger partial charge on any atom is -0.444 e. The second kappa shape index (κ2) is 6.79. The number of carbonyl (C=O) groups excluding carboxylic acids is 1. The second-order valence-corrected chi connectivity index (χ2v) is 5.82. The zero-order valence-corrected chi connectivity index (χ0v) is 12.9. The predicted molar refractivity (Wildman–Crippen MR) is 85.9 cm³/mol. The lowest BCUT2D eigenvalue weighted by molar-refractivity contribution is 0.147. The van der Waals surface area contributed by atoms with Gasteiger partial charge in [-0.15, -0.1) is 0 Å². The van der Waals surface area contributed by atoms with Crippen molar-refractivity contribution in [2.24, 2.45) is 5.92 Å². The molecular formula is C17H17ClN2O2. The van der Waals surface area contributed by atoms with Crippen LogP contribution >= 0.6 is 11.6 Å². The minimum absolute atomic E-state index is 0.264. The van der Waals surface area contributed by atoms with Crippen LogP contribution < -0.4 is 4.90 Å². The van der Waals surface area contributed by atoms with Crippen LogP contribution in [0, 0.1) is 5.92 Å². The van der Waals surface area contributed by atoms with Crippen LogP contribution in [0.3, 0.4) is 0 Å². The summed E-state index contributed by atoms with van der Waals surface area (Å²) in [7, 11) is 0.